The first kappa shape index (κ1) is 18.8. The number of carbonyl (C=O) groups is 2. The van der Waals surface area contributed by atoms with Gasteiger partial charge in [0.2, 0.25) is 0 Å². The van der Waals surface area contributed by atoms with Crippen molar-refractivity contribution >= 4 is 23.8 Å². The van der Waals surface area contributed by atoms with Crippen molar-refractivity contribution in [1.82, 2.24) is 5.43 Å². The SMILES string of the molecule is COc1ccc(NCC(=O)N/N=C\c2ccc(OCC(=O)O)cc2)cc1. The van der Waals surface area contributed by atoms with E-state index in [2.05, 4.69) is 15.8 Å². The molecule has 0 saturated heterocycles. The van der Waals surface area contributed by atoms with Crippen LogP contribution in [0.4, 0.5) is 5.69 Å². The van der Waals surface area contributed by atoms with Gasteiger partial charge in [0.05, 0.1) is 19.9 Å². The number of rotatable bonds is 9. The second kappa shape index (κ2) is 9.67. The van der Waals surface area contributed by atoms with Gasteiger partial charge in [0.15, 0.2) is 6.61 Å². The summed E-state index contributed by atoms with van der Waals surface area (Å²) in [5.74, 6) is -0.152. The van der Waals surface area contributed by atoms with Crippen molar-refractivity contribution in [1.29, 1.82) is 0 Å². The lowest BCUT2D eigenvalue weighted by molar-refractivity contribution is -0.139. The van der Waals surface area contributed by atoms with E-state index in [1.165, 1.54) is 6.21 Å². The van der Waals surface area contributed by atoms with E-state index < -0.39 is 12.6 Å². The molecule has 0 atom stereocenters. The van der Waals surface area contributed by atoms with Crippen molar-refractivity contribution in [3.8, 4) is 11.5 Å². The third kappa shape index (κ3) is 6.52. The molecule has 2 rings (SSSR count). The van der Waals surface area contributed by atoms with E-state index >= 15 is 0 Å². The van der Waals surface area contributed by atoms with E-state index in [-0.39, 0.29) is 12.5 Å². The van der Waals surface area contributed by atoms with Crippen LogP contribution in [-0.4, -0.2) is 43.5 Å². The van der Waals surface area contributed by atoms with Crippen LogP contribution in [0, 0.1) is 0 Å². The fourth-order valence-corrected chi connectivity index (χ4v) is 1.90. The lowest BCUT2D eigenvalue weighted by Gasteiger charge is -2.06. The molecule has 26 heavy (non-hydrogen) atoms. The summed E-state index contributed by atoms with van der Waals surface area (Å²) in [6.45, 7) is -0.323. The number of carbonyl (C=O) groups excluding carboxylic acids is 1. The lowest BCUT2D eigenvalue weighted by Crippen LogP contribution is -2.25. The normalized spacial score (nSPS) is 10.3. The summed E-state index contributed by atoms with van der Waals surface area (Å²) in [6, 6.07) is 13.8. The van der Waals surface area contributed by atoms with Gasteiger partial charge in [-0.2, -0.15) is 5.10 Å². The minimum absolute atomic E-state index is 0.0750. The quantitative estimate of drug-likeness (QED) is 0.466. The third-order valence-electron chi connectivity index (χ3n) is 3.19. The van der Waals surface area contributed by atoms with Crippen molar-refractivity contribution in [3.05, 3.63) is 54.1 Å². The summed E-state index contributed by atoms with van der Waals surface area (Å²) in [5.41, 5.74) is 3.94. The molecule has 8 heteroatoms. The molecule has 2 aromatic carbocycles. The molecule has 0 aliphatic carbocycles. The van der Waals surface area contributed by atoms with Crippen LogP contribution in [-0.2, 0) is 9.59 Å². The Hall–Kier alpha value is -3.55. The Morgan fingerprint density at radius 3 is 2.35 bits per heavy atom. The lowest BCUT2D eigenvalue weighted by atomic mass is 10.2. The second-order valence-corrected chi connectivity index (χ2v) is 5.13. The first-order valence-corrected chi connectivity index (χ1v) is 7.71. The molecule has 0 aliphatic rings. The highest BCUT2D eigenvalue weighted by molar-refractivity contribution is 5.84. The number of methoxy groups -OCH3 is 1. The van der Waals surface area contributed by atoms with Crippen LogP contribution >= 0.6 is 0 Å². The van der Waals surface area contributed by atoms with Crippen LogP contribution in [0.3, 0.4) is 0 Å². The number of ether oxygens (including phenoxy) is 2. The summed E-state index contributed by atoms with van der Waals surface area (Å²) >= 11 is 0. The Balaban J connectivity index is 1.74. The highest BCUT2D eigenvalue weighted by atomic mass is 16.5. The monoisotopic (exact) mass is 357 g/mol. The molecule has 1 amide bonds. The van der Waals surface area contributed by atoms with Gasteiger partial charge in [0, 0.05) is 5.69 Å². The van der Waals surface area contributed by atoms with Gasteiger partial charge in [-0.1, -0.05) is 0 Å². The van der Waals surface area contributed by atoms with Crippen LogP contribution < -0.4 is 20.2 Å². The highest BCUT2D eigenvalue weighted by Gasteiger charge is 2.01. The van der Waals surface area contributed by atoms with E-state index in [1.54, 1.807) is 43.5 Å². The zero-order valence-corrected chi connectivity index (χ0v) is 14.1. The fourth-order valence-electron chi connectivity index (χ4n) is 1.90. The minimum atomic E-state index is -1.04. The molecule has 0 saturated carbocycles. The molecule has 3 N–H and O–H groups in total. The first-order chi connectivity index (χ1) is 12.6. The Bertz CT molecular complexity index is 757. The van der Waals surface area contributed by atoms with Gasteiger partial charge in [-0.15, -0.1) is 0 Å². The summed E-state index contributed by atoms with van der Waals surface area (Å²) < 4.78 is 10.1. The maximum atomic E-state index is 11.7. The van der Waals surface area contributed by atoms with Crippen molar-refractivity contribution in [2.75, 3.05) is 25.6 Å². The Morgan fingerprint density at radius 1 is 1.08 bits per heavy atom. The predicted molar refractivity (Wildman–Crippen MR) is 96.8 cm³/mol. The number of carboxylic acids is 1. The standard InChI is InChI=1S/C18H19N3O5/c1-25-15-8-4-14(5-9-15)19-11-17(22)21-20-10-13-2-6-16(7-3-13)26-12-18(23)24/h2-10,19H,11-12H2,1H3,(H,21,22)(H,23,24)/b20-10-. The van der Waals surface area contributed by atoms with E-state index in [0.717, 1.165) is 17.0 Å². The van der Waals surface area contributed by atoms with Crippen molar-refractivity contribution in [2.45, 2.75) is 0 Å². The van der Waals surface area contributed by atoms with Gasteiger partial charge in [-0.25, -0.2) is 10.2 Å². The van der Waals surface area contributed by atoms with Gasteiger partial charge < -0.3 is 19.9 Å². The molecule has 0 aliphatic heterocycles. The van der Waals surface area contributed by atoms with E-state index in [0.29, 0.717) is 5.75 Å². The number of anilines is 1. The molecule has 0 bridgehead atoms. The van der Waals surface area contributed by atoms with Gasteiger partial charge in [-0.05, 0) is 54.1 Å². The smallest absolute Gasteiger partial charge is 0.341 e. The molecule has 0 fully saturated rings. The van der Waals surface area contributed by atoms with Crippen molar-refractivity contribution in [3.63, 3.8) is 0 Å². The van der Waals surface area contributed by atoms with Crippen LogP contribution in [0.15, 0.2) is 53.6 Å². The maximum absolute atomic E-state index is 11.7. The molecular weight excluding hydrogens is 338 g/mol. The number of aliphatic carboxylic acids is 1. The van der Waals surface area contributed by atoms with Crippen LogP contribution in [0.25, 0.3) is 0 Å². The van der Waals surface area contributed by atoms with Gasteiger partial charge in [-0.3, -0.25) is 4.79 Å². The second-order valence-electron chi connectivity index (χ2n) is 5.13. The predicted octanol–water partition coefficient (Wildman–Crippen LogP) is 1.72. The average Bonchev–Trinajstić information content (AvgIpc) is 2.66. The van der Waals surface area contributed by atoms with Crippen LogP contribution in [0.1, 0.15) is 5.56 Å². The third-order valence-corrected chi connectivity index (χ3v) is 3.19. The fraction of sp³-hybridized carbons (Fsp3) is 0.167. The summed E-state index contributed by atoms with van der Waals surface area (Å²) in [6.07, 6.45) is 1.48. The van der Waals surface area contributed by atoms with E-state index in [1.807, 2.05) is 12.1 Å². The molecule has 0 unspecified atom stereocenters. The minimum Gasteiger partial charge on any atom is -0.497 e. The van der Waals surface area contributed by atoms with Crippen molar-refractivity contribution in [2.24, 2.45) is 5.10 Å². The topological polar surface area (TPSA) is 109 Å². The van der Waals surface area contributed by atoms with Crippen LogP contribution in [0.2, 0.25) is 0 Å². The Morgan fingerprint density at radius 2 is 1.73 bits per heavy atom. The number of hydrazone groups is 1. The molecule has 0 spiro atoms. The van der Waals surface area contributed by atoms with Gasteiger partial charge in [0.1, 0.15) is 11.5 Å². The largest absolute Gasteiger partial charge is 0.497 e. The number of nitrogens with one attached hydrogen (secondary N) is 2. The molecule has 0 aromatic heterocycles. The molecular formula is C18H19N3O5. The molecule has 136 valence electrons. The molecule has 2 aromatic rings. The number of benzene rings is 2. The zero-order chi connectivity index (χ0) is 18.8. The van der Waals surface area contributed by atoms with Crippen LogP contribution in [0.5, 0.6) is 11.5 Å². The van der Waals surface area contributed by atoms with E-state index in [4.69, 9.17) is 14.6 Å². The van der Waals surface area contributed by atoms with Crippen molar-refractivity contribution < 1.29 is 24.2 Å². The average molecular weight is 357 g/mol. The molecule has 0 radical (unpaired) electrons. The molecule has 8 nitrogen and oxygen atoms in total. The molecule has 0 heterocycles. The first-order valence-electron chi connectivity index (χ1n) is 7.71. The maximum Gasteiger partial charge on any atom is 0.341 e. The summed E-state index contributed by atoms with van der Waals surface area (Å²) in [4.78, 5) is 22.2. The number of carboxylic acid groups (broad SMARTS) is 1. The van der Waals surface area contributed by atoms with Gasteiger partial charge in [0.25, 0.3) is 5.91 Å². The summed E-state index contributed by atoms with van der Waals surface area (Å²) in [5, 5.41) is 15.4. The number of amides is 1. The van der Waals surface area contributed by atoms with Gasteiger partial charge >= 0.3 is 5.97 Å². The highest BCUT2D eigenvalue weighted by Crippen LogP contribution is 2.14. The Kier molecular flexibility index (Phi) is 6.99. The number of hydrogen-bond donors (Lipinski definition) is 3. The van der Waals surface area contributed by atoms with E-state index in [9.17, 15) is 9.59 Å². The zero-order valence-electron chi connectivity index (χ0n) is 14.1. The summed E-state index contributed by atoms with van der Waals surface area (Å²) in [7, 11) is 1.59. The Labute approximate surface area is 150 Å². The number of hydrogen-bond acceptors (Lipinski definition) is 6. The number of nitrogens with zero attached hydrogens (tertiary/aromatic N) is 1.